The van der Waals surface area contributed by atoms with Crippen LogP contribution in [0.1, 0.15) is 24.0 Å². The third kappa shape index (κ3) is 4.96. The van der Waals surface area contributed by atoms with Crippen LogP contribution < -0.4 is 9.64 Å². The van der Waals surface area contributed by atoms with Crippen molar-refractivity contribution in [3.63, 3.8) is 0 Å². The van der Waals surface area contributed by atoms with Crippen LogP contribution in [0.4, 0.5) is 5.13 Å². The first kappa shape index (κ1) is 25.7. The van der Waals surface area contributed by atoms with E-state index in [9.17, 15) is 13.2 Å². The molecule has 1 aromatic heterocycles. The summed E-state index contributed by atoms with van der Waals surface area (Å²) in [6.07, 6.45) is 1.04. The Labute approximate surface area is 225 Å². The number of thiazole rings is 1. The van der Waals surface area contributed by atoms with Crippen LogP contribution in [0.25, 0.3) is 10.2 Å². The van der Waals surface area contributed by atoms with Crippen LogP contribution in [0.15, 0.2) is 71.6 Å². The summed E-state index contributed by atoms with van der Waals surface area (Å²) in [6, 6.07) is 18.8. The Morgan fingerprint density at radius 2 is 1.86 bits per heavy atom. The highest BCUT2D eigenvalue weighted by molar-refractivity contribution is 7.89. The quantitative estimate of drug-likeness (QED) is 0.294. The van der Waals surface area contributed by atoms with E-state index in [0.717, 1.165) is 21.3 Å². The first-order valence-corrected chi connectivity index (χ1v) is 14.5. The largest absolute Gasteiger partial charge is 0.497 e. The third-order valence-corrected chi connectivity index (χ3v) is 9.95. The predicted octanol–water partition coefficient (Wildman–Crippen LogP) is 5.65. The van der Waals surface area contributed by atoms with E-state index >= 15 is 0 Å². The molecule has 192 valence electrons. The van der Waals surface area contributed by atoms with Gasteiger partial charge in [0.05, 0.1) is 28.8 Å². The van der Waals surface area contributed by atoms with Crippen LogP contribution >= 0.6 is 22.9 Å². The zero-order valence-corrected chi connectivity index (χ0v) is 22.8. The molecule has 0 radical (unpaired) electrons. The Kier molecular flexibility index (Phi) is 7.22. The number of nitrogens with zero attached hydrogens (tertiary/aromatic N) is 3. The van der Waals surface area contributed by atoms with E-state index < -0.39 is 16.1 Å². The van der Waals surface area contributed by atoms with Crippen molar-refractivity contribution >= 4 is 54.2 Å². The minimum Gasteiger partial charge on any atom is -0.497 e. The Bertz CT molecular complexity index is 1540. The second-order valence-corrected chi connectivity index (χ2v) is 12.2. The number of fused-ring (bicyclic) bond motifs is 1. The number of rotatable bonds is 7. The molecule has 0 aliphatic carbocycles. The summed E-state index contributed by atoms with van der Waals surface area (Å²) < 4.78 is 34.6. The summed E-state index contributed by atoms with van der Waals surface area (Å²) >= 11 is 7.72. The lowest BCUT2D eigenvalue weighted by molar-refractivity contribution is -0.121. The number of aryl methyl sites for hydroxylation is 1. The second-order valence-electron chi connectivity index (χ2n) is 8.87. The van der Waals surface area contributed by atoms with E-state index in [1.54, 1.807) is 17.0 Å². The Morgan fingerprint density at radius 1 is 1.14 bits per heavy atom. The van der Waals surface area contributed by atoms with E-state index in [4.69, 9.17) is 21.3 Å². The number of sulfonamides is 1. The van der Waals surface area contributed by atoms with Gasteiger partial charge in [0.1, 0.15) is 11.8 Å². The predicted molar refractivity (Wildman–Crippen MR) is 147 cm³/mol. The average Bonchev–Trinajstić information content (AvgIpc) is 3.58. The number of carbonyl (C=O) groups is 1. The van der Waals surface area contributed by atoms with Crippen molar-refractivity contribution in [3.05, 3.63) is 82.9 Å². The zero-order valence-electron chi connectivity index (χ0n) is 20.4. The second kappa shape index (κ2) is 10.4. The van der Waals surface area contributed by atoms with Crippen molar-refractivity contribution in [1.82, 2.24) is 9.29 Å². The van der Waals surface area contributed by atoms with Crippen LogP contribution in [0.2, 0.25) is 5.02 Å². The van der Waals surface area contributed by atoms with Gasteiger partial charge in [0.25, 0.3) is 0 Å². The van der Waals surface area contributed by atoms with Crippen LogP contribution in [0, 0.1) is 6.92 Å². The van der Waals surface area contributed by atoms with E-state index in [1.165, 1.54) is 34.9 Å². The molecule has 0 spiro atoms. The molecule has 0 bridgehead atoms. The summed E-state index contributed by atoms with van der Waals surface area (Å²) in [5.41, 5.74) is 2.51. The molecular weight excluding hydrogens is 530 g/mol. The van der Waals surface area contributed by atoms with Crippen molar-refractivity contribution in [2.75, 3.05) is 18.6 Å². The number of methoxy groups -OCH3 is 1. The molecule has 1 unspecified atom stereocenters. The van der Waals surface area contributed by atoms with Gasteiger partial charge in [0.2, 0.25) is 15.9 Å². The van der Waals surface area contributed by atoms with Gasteiger partial charge >= 0.3 is 0 Å². The number of anilines is 1. The molecule has 10 heteroatoms. The number of hydrogen-bond donors (Lipinski definition) is 0. The monoisotopic (exact) mass is 555 g/mol. The molecule has 7 nitrogen and oxygen atoms in total. The fourth-order valence-corrected chi connectivity index (χ4v) is 7.38. The van der Waals surface area contributed by atoms with Gasteiger partial charge in [-0.2, -0.15) is 4.31 Å². The number of amides is 1. The topological polar surface area (TPSA) is 79.8 Å². The molecule has 4 aromatic rings. The van der Waals surface area contributed by atoms with E-state index in [1.807, 2.05) is 49.4 Å². The van der Waals surface area contributed by atoms with Crippen molar-refractivity contribution in [2.24, 2.45) is 0 Å². The van der Waals surface area contributed by atoms with E-state index in [0.29, 0.717) is 28.7 Å². The molecule has 1 aliphatic heterocycles. The molecule has 1 fully saturated rings. The summed E-state index contributed by atoms with van der Waals surface area (Å²) in [7, 11) is -2.36. The molecule has 1 saturated heterocycles. The first-order valence-electron chi connectivity index (χ1n) is 11.9. The molecule has 5 rings (SSSR count). The summed E-state index contributed by atoms with van der Waals surface area (Å²) in [5.74, 6) is 0.273. The molecule has 0 N–H and O–H groups in total. The summed E-state index contributed by atoms with van der Waals surface area (Å²) in [5, 5.41) is 1.13. The Hall–Kier alpha value is -2.98. The van der Waals surface area contributed by atoms with Crippen LogP contribution in [0.3, 0.4) is 0 Å². The maximum atomic E-state index is 14.1. The standard InChI is InChI=1S/C27H26ClN3O4S2/c1-18-22(28)14-15-24-25(18)29-27(36-24)30(17-19-7-4-3-5-8-19)26(32)23-9-6-16-31(23)37(33,34)21-12-10-20(35-2)11-13-21/h3-5,7-8,10-15,23H,6,9,16-17H2,1-2H3. The van der Waals surface area contributed by atoms with Gasteiger partial charge in [-0.1, -0.05) is 53.3 Å². The van der Waals surface area contributed by atoms with Gasteiger partial charge < -0.3 is 4.74 Å². The lowest BCUT2D eigenvalue weighted by atomic mass is 10.1. The van der Waals surface area contributed by atoms with Gasteiger partial charge in [-0.25, -0.2) is 13.4 Å². The number of halogens is 1. The highest BCUT2D eigenvalue weighted by Gasteiger charge is 2.42. The summed E-state index contributed by atoms with van der Waals surface area (Å²) in [6.45, 7) is 2.45. The van der Waals surface area contributed by atoms with Crippen LogP contribution in [-0.4, -0.2) is 43.3 Å². The highest BCUT2D eigenvalue weighted by atomic mass is 35.5. The minimum absolute atomic E-state index is 0.132. The molecule has 2 heterocycles. The SMILES string of the molecule is COc1ccc(S(=O)(=O)N2CCCC2C(=O)N(Cc2ccccc2)c2nc3c(C)c(Cl)ccc3s2)cc1. The maximum absolute atomic E-state index is 14.1. The van der Waals surface area contributed by atoms with E-state index in [2.05, 4.69) is 0 Å². The zero-order chi connectivity index (χ0) is 26.2. The lowest BCUT2D eigenvalue weighted by Crippen LogP contribution is -2.47. The van der Waals surface area contributed by atoms with Crippen molar-refractivity contribution in [3.8, 4) is 5.75 Å². The van der Waals surface area contributed by atoms with Crippen molar-refractivity contribution < 1.29 is 17.9 Å². The molecule has 37 heavy (non-hydrogen) atoms. The molecule has 1 amide bonds. The molecule has 0 saturated carbocycles. The summed E-state index contributed by atoms with van der Waals surface area (Å²) in [4.78, 5) is 20.6. The fraction of sp³-hybridized carbons (Fsp3) is 0.259. The van der Waals surface area contributed by atoms with Crippen molar-refractivity contribution in [1.29, 1.82) is 0 Å². The van der Waals surface area contributed by atoms with Crippen LogP contribution in [0.5, 0.6) is 5.75 Å². The van der Waals surface area contributed by atoms with Gasteiger partial charge in [-0.05, 0) is 67.3 Å². The number of benzene rings is 3. The van der Waals surface area contributed by atoms with E-state index in [-0.39, 0.29) is 23.9 Å². The highest BCUT2D eigenvalue weighted by Crippen LogP contribution is 2.36. The molecule has 3 aromatic carbocycles. The van der Waals surface area contributed by atoms with Crippen LogP contribution in [-0.2, 0) is 21.4 Å². The van der Waals surface area contributed by atoms with Gasteiger partial charge in [-0.15, -0.1) is 0 Å². The Morgan fingerprint density at radius 3 is 2.57 bits per heavy atom. The van der Waals surface area contributed by atoms with Gasteiger partial charge in [-0.3, -0.25) is 9.69 Å². The average molecular weight is 556 g/mol. The number of carbonyl (C=O) groups excluding carboxylic acids is 1. The lowest BCUT2D eigenvalue weighted by Gasteiger charge is -2.28. The number of ether oxygens (including phenoxy) is 1. The first-order chi connectivity index (χ1) is 17.8. The smallest absolute Gasteiger partial charge is 0.247 e. The Balaban J connectivity index is 1.52. The normalized spacial score (nSPS) is 16.2. The van der Waals surface area contributed by atoms with Gasteiger partial charge in [0, 0.05) is 11.6 Å². The number of aromatic nitrogens is 1. The van der Waals surface area contributed by atoms with Gasteiger partial charge in [0.15, 0.2) is 5.13 Å². The maximum Gasteiger partial charge on any atom is 0.247 e. The third-order valence-electron chi connectivity index (χ3n) is 6.57. The van der Waals surface area contributed by atoms with Crippen molar-refractivity contribution in [2.45, 2.75) is 37.2 Å². The molecule has 1 aliphatic rings. The fourth-order valence-electron chi connectivity index (χ4n) is 4.55. The molecule has 1 atom stereocenters. The number of hydrogen-bond acceptors (Lipinski definition) is 6. The molecular formula is C27H26ClN3O4S2. The minimum atomic E-state index is -3.89.